The number of aliphatic imine (C=N–C) groups is 1. The van der Waals surface area contributed by atoms with Crippen molar-refractivity contribution in [3.63, 3.8) is 0 Å². The van der Waals surface area contributed by atoms with Gasteiger partial charge in [-0.25, -0.2) is 0 Å². The number of furan rings is 1. The molecule has 0 amide bonds. The number of halogens is 1. The predicted molar refractivity (Wildman–Crippen MR) is 132 cm³/mol. The Morgan fingerprint density at radius 3 is 2.84 bits per heavy atom. The molecule has 0 bridgehead atoms. The SMILES string of the molecule is CC(C)Oc1cccc(C(O)CN=C(NCCc2ccco2)NCC2CCCO2)c1.I. The maximum atomic E-state index is 10.6. The van der Waals surface area contributed by atoms with Crippen molar-refractivity contribution in [1.29, 1.82) is 0 Å². The summed E-state index contributed by atoms with van der Waals surface area (Å²) in [4.78, 5) is 4.59. The van der Waals surface area contributed by atoms with Gasteiger partial charge in [-0.3, -0.25) is 4.99 Å². The molecule has 0 saturated carbocycles. The molecule has 1 aliphatic heterocycles. The van der Waals surface area contributed by atoms with Crippen molar-refractivity contribution in [2.24, 2.45) is 4.99 Å². The van der Waals surface area contributed by atoms with Gasteiger partial charge in [0.25, 0.3) is 0 Å². The summed E-state index contributed by atoms with van der Waals surface area (Å²) in [7, 11) is 0. The minimum atomic E-state index is -0.716. The number of rotatable bonds is 10. The fourth-order valence-corrected chi connectivity index (χ4v) is 3.30. The number of hydrogen-bond donors (Lipinski definition) is 3. The van der Waals surface area contributed by atoms with Crippen LogP contribution in [0.4, 0.5) is 0 Å². The Morgan fingerprint density at radius 1 is 1.26 bits per heavy atom. The Hall–Kier alpha value is -1.78. The van der Waals surface area contributed by atoms with Crippen LogP contribution in [-0.2, 0) is 11.2 Å². The highest BCUT2D eigenvalue weighted by atomic mass is 127. The molecule has 1 fully saturated rings. The van der Waals surface area contributed by atoms with Crippen molar-refractivity contribution in [3.05, 3.63) is 54.0 Å². The number of nitrogens with one attached hydrogen (secondary N) is 2. The van der Waals surface area contributed by atoms with Crippen molar-refractivity contribution in [1.82, 2.24) is 10.6 Å². The first-order valence-electron chi connectivity index (χ1n) is 10.7. The lowest BCUT2D eigenvalue weighted by Crippen LogP contribution is -2.42. The van der Waals surface area contributed by atoms with Crippen LogP contribution in [0.3, 0.4) is 0 Å². The summed E-state index contributed by atoms with van der Waals surface area (Å²) >= 11 is 0. The Kier molecular flexibility index (Phi) is 11.2. The van der Waals surface area contributed by atoms with Crippen LogP contribution in [0.15, 0.2) is 52.1 Å². The van der Waals surface area contributed by atoms with E-state index in [-0.39, 0.29) is 42.7 Å². The highest BCUT2D eigenvalue weighted by molar-refractivity contribution is 14.0. The molecule has 2 unspecified atom stereocenters. The van der Waals surface area contributed by atoms with E-state index in [0.29, 0.717) is 19.0 Å². The molecule has 3 N–H and O–H groups in total. The van der Waals surface area contributed by atoms with Crippen molar-refractivity contribution >= 4 is 29.9 Å². The summed E-state index contributed by atoms with van der Waals surface area (Å²) in [6, 6.07) is 11.4. The monoisotopic (exact) mass is 543 g/mol. The third-order valence-corrected chi connectivity index (χ3v) is 4.80. The fourth-order valence-electron chi connectivity index (χ4n) is 3.30. The molecule has 1 aromatic carbocycles. The maximum absolute atomic E-state index is 10.6. The van der Waals surface area contributed by atoms with Gasteiger partial charge in [0, 0.05) is 26.1 Å². The van der Waals surface area contributed by atoms with Crippen molar-refractivity contribution in [2.75, 3.05) is 26.2 Å². The number of hydrogen-bond acceptors (Lipinski definition) is 5. The van der Waals surface area contributed by atoms with E-state index >= 15 is 0 Å². The number of guanidine groups is 1. The van der Waals surface area contributed by atoms with E-state index in [1.165, 1.54) is 0 Å². The van der Waals surface area contributed by atoms with E-state index in [9.17, 15) is 5.11 Å². The van der Waals surface area contributed by atoms with Gasteiger partial charge in [-0.1, -0.05) is 12.1 Å². The van der Waals surface area contributed by atoms with E-state index in [4.69, 9.17) is 13.9 Å². The molecule has 1 saturated heterocycles. The summed E-state index contributed by atoms with van der Waals surface area (Å²) in [6.07, 6.45) is 4.15. The topological polar surface area (TPSA) is 88.3 Å². The van der Waals surface area contributed by atoms with Crippen molar-refractivity contribution < 1.29 is 19.0 Å². The third-order valence-electron chi connectivity index (χ3n) is 4.80. The molecule has 7 nitrogen and oxygen atoms in total. The van der Waals surface area contributed by atoms with E-state index in [2.05, 4.69) is 15.6 Å². The van der Waals surface area contributed by atoms with Gasteiger partial charge in [-0.05, 0) is 56.5 Å². The summed E-state index contributed by atoms with van der Waals surface area (Å²) in [5, 5.41) is 17.3. The number of aliphatic hydroxyl groups is 1. The Bertz CT molecular complexity index is 777. The average Bonchev–Trinajstić information content (AvgIpc) is 3.43. The van der Waals surface area contributed by atoms with Crippen LogP contribution < -0.4 is 15.4 Å². The smallest absolute Gasteiger partial charge is 0.191 e. The predicted octanol–water partition coefficient (Wildman–Crippen LogP) is 3.68. The Balaban J connectivity index is 0.00000341. The molecule has 1 aliphatic rings. The van der Waals surface area contributed by atoms with Crippen LogP contribution in [0, 0.1) is 0 Å². The fraction of sp³-hybridized carbons (Fsp3) is 0.522. The highest BCUT2D eigenvalue weighted by Gasteiger charge is 2.16. The van der Waals surface area contributed by atoms with E-state index < -0.39 is 6.10 Å². The largest absolute Gasteiger partial charge is 0.491 e. The van der Waals surface area contributed by atoms with Gasteiger partial charge in [0.15, 0.2) is 5.96 Å². The standard InChI is InChI=1S/C23H33N3O4.HI/c1-17(2)30-20-7-3-6-18(14-20)22(27)16-26-23(25-15-21-9-5-13-29-21)24-11-10-19-8-4-12-28-19;/h3-4,6-8,12,14,17,21-22,27H,5,9-11,13,15-16H2,1-2H3,(H2,24,25,26);1H. The molecule has 2 heterocycles. The van der Waals surface area contributed by atoms with E-state index in [0.717, 1.165) is 42.9 Å². The quantitative estimate of drug-likeness (QED) is 0.241. The molecule has 2 atom stereocenters. The zero-order chi connectivity index (χ0) is 21.2. The van der Waals surface area contributed by atoms with Gasteiger partial charge >= 0.3 is 0 Å². The average molecular weight is 543 g/mol. The van der Waals surface area contributed by atoms with E-state index in [1.807, 2.05) is 50.2 Å². The molecule has 8 heteroatoms. The molecule has 0 spiro atoms. The lowest BCUT2D eigenvalue weighted by atomic mass is 10.1. The van der Waals surface area contributed by atoms with Crippen LogP contribution in [-0.4, -0.2) is 49.5 Å². The van der Waals surface area contributed by atoms with Crippen molar-refractivity contribution in [3.8, 4) is 5.75 Å². The molecule has 3 rings (SSSR count). The molecular formula is C23H34IN3O4. The first-order valence-corrected chi connectivity index (χ1v) is 10.7. The van der Waals surface area contributed by atoms with Gasteiger partial charge in [0.1, 0.15) is 11.5 Å². The lowest BCUT2D eigenvalue weighted by molar-refractivity contribution is 0.113. The second kappa shape index (κ2) is 13.6. The van der Waals surface area contributed by atoms with Crippen LogP contribution in [0.5, 0.6) is 5.75 Å². The second-order valence-electron chi connectivity index (χ2n) is 7.72. The molecule has 0 radical (unpaired) electrons. The Labute approximate surface area is 201 Å². The Morgan fingerprint density at radius 2 is 2.13 bits per heavy atom. The molecular weight excluding hydrogens is 509 g/mol. The summed E-state index contributed by atoms with van der Waals surface area (Å²) in [5.74, 6) is 2.33. The normalized spacial score (nSPS) is 17.3. The maximum Gasteiger partial charge on any atom is 0.191 e. The molecule has 1 aromatic heterocycles. The molecule has 172 valence electrons. The zero-order valence-corrected chi connectivity index (χ0v) is 20.6. The summed E-state index contributed by atoms with van der Waals surface area (Å²) < 4.78 is 16.8. The minimum absolute atomic E-state index is 0. The number of nitrogens with zero attached hydrogens (tertiary/aromatic N) is 1. The zero-order valence-electron chi connectivity index (χ0n) is 18.3. The van der Waals surface area contributed by atoms with Gasteiger partial charge in [-0.15, -0.1) is 24.0 Å². The highest BCUT2D eigenvalue weighted by Crippen LogP contribution is 2.20. The van der Waals surface area contributed by atoms with Gasteiger partial charge < -0.3 is 29.6 Å². The van der Waals surface area contributed by atoms with Crippen LogP contribution in [0.25, 0.3) is 0 Å². The van der Waals surface area contributed by atoms with Gasteiger partial charge in [0.2, 0.25) is 0 Å². The lowest BCUT2D eigenvalue weighted by Gasteiger charge is -2.17. The minimum Gasteiger partial charge on any atom is -0.491 e. The van der Waals surface area contributed by atoms with Gasteiger partial charge in [-0.2, -0.15) is 0 Å². The number of ether oxygens (including phenoxy) is 2. The molecule has 0 aliphatic carbocycles. The number of aliphatic hydroxyl groups excluding tert-OH is 1. The van der Waals surface area contributed by atoms with Crippen LogP contribution in [0.2, 0.25) is 0 Å². The third kappa shape index (κ3) is 9.08. The second-order valence-corrected chi connectivity index (χ2v) is 7.72. The number of benzene rings is 1. The molecule has 31 heavy (non-hydrogen) atoms. The van der Waals surface area contributed by atoms with Crippen LogP contribution >= 0.6 is 24.0 Å². The summed E-state index contributed by atoms with van der Waals surface area (Å²) in [6.45, 7) is 6.39. The first-order chi connectivity index (χ1) is 14.6. The van der Waals surface area contributed by atoms with E-state index in [1.54, 1.807) is 6.26 Å². The van der Waals surface area contributed by atoms with Crippen LogP contribution in [0.1, 0.15) is 44.1 Å². The summed E-state index contributed by atoms with van der Waals surface area (Å²) in [5.41, 5.74) is 0.783. The molecule has 2 aromatic rings. The van der Waals surface area contributed by atoms with Crippen molar-refractivity contribution in [2.45, 2.75) is 51.4 Å². The van der Waals surface area contributed by atoms with Gasteiger partial charge in [0.05, 0.1) is 31.1 Å². The first kappa shape index (κ1) is 25.5.